The number of ether oxygens (including phenoxy) is 1. The molecule has 0 unspecified atom stereocenters. The van der Waals surface area contributed by atoms with E-state index in [4.69, 9.17) is 0 Å². The van der Waals surface area contributed by atoms with Gasteiger partial charge >= 0.3 is 5.97 Å². The second kappa shape index (κ2) is 2.16. The molecule has 0 aliphatic heterocycles. The van der Waals surface area contributed by atoms with Crippen LogP contribution < -0.4 is 0 Å². The number of thiol groups is 1. The Hall–Kier alpha value is -0.180. The first-order valence-corrected chi connectivity index (χ1v) is 3.79. The molecule has 3 heteroatoms. The first-order valence-electron chi connectivity index (χ1n) is 3.27. The Labute approximate surface area is 66.4 Å². The molecular weight excluding hydrogens is 148 g/mol. The number of carbonyl (C=O) groups is 1. The lowest BCUT2D eigenvalue weighted by Crippen LogP contribution is -2.07. The largest absolute Gasteiger partial charge is 0.469 e. The van der Waals surface area contributed by atoms with E-state index >= 15 is 0 Å². The molecule has 0 saturated heterocycles. The van der Waals surface area contributed by atoms with Crippen molar-refractivity contribution in [1.29, 1.82) is 0 Å². The zero-order chi connectivity index (χ0) is 7.94. The molecule has 0 amide bonds. The normalized spacial score (nSPS) is 35.2. The van der Waals surface area contributed by atoms with Crippen molar-refractivity contribution >= 4 is 18.6 Å². The number of rotatable bonds is 1. The third kappa shape index (κ3) is 0.926. The lowest BCUT2D eigenvalue weighted by atomic mass is 10.1. The molecule has 0 spiro atoms. The summed E-state index contributed by atoms with van der Waals surface area (Å²) in [7, 11) is 1.41. The molecule has 1 aliphatic carbocycles. The summed E-state index contributed by atoms with van der Waals surface area (Å²) in [6.45, 7) is 4.04. The standard InChI is InChI=1S/C7H12O2S/c1-7(2)4(5(7)10)6(8)9-3/h4-5,10H,1-3H3/t4-,5+/m0/s1. The predicted molar refractivity (Wildman–Crippen MR) is 42.1 cm³/mol. The fraction of sp³-hybridized carbons (Fsp3) is 0.857. The molecule has 0 aromatic carbocycles. The van der Waals surface area contributed by atoms with E-state index in [0.29, 0.717) is 0 Å². The molecule has 0 aromatic rings. The van der Waals surface area contributed by atoms with Gasteiger partial charge in [0.2, 0.25) is 0 Å². The Balaban J connectivity index is 2.57. The monoisotopic (exact) mass is 160 g/mol. The Bertz CT molecular complexity index is 165. The van der Waals surface area contributed by atoms with Crippen LogP contribution in [-0.2, 0) is 9.53 Å². The van der Waals surface area contributed by atoms with Crippen LogP contribution in [0.25, 0.3) is 0 Å². The molecular formula is C7H12O2S. The van der Waals surface area contributed by atoms with E-state index in [1.165, 1.54) is 7.11 Å². The lowest BCUT2D eigenvalue weighted by molar-refractivity contribution is -0.142. The van der Waals surface area contributed by atoms with Gasteiger partial charge in [0.25, 0.3) is 0 Å². The van der Waals surface area contributed by atoms with Crippen LogP contribution in [0.15, 0.2) is 0 Å². The summed E-state index contributed by atoms with van der Waals surface area (Å²) in [6.07, 6.45) is 0. The summed E-state index contributed by atoms with van der Waals surface area (Å²) in [4.78, 5) is 10.9. The molecule has 0 N–H and O–H groups in total. The van der Waals surface area contributed by atoms with E-state index in [1.54, 1.807) is 0 Å². The molecule has 58 valence electrons. The van der Waals surface area contributed by atoms with Gasteiger partial charge in [-0.05, 0) is 5.41 Å². The summed E-state index contributed by atoms with van der Waals surface area (Å²) in [5, 5.41) is 0.181. The molecule has 1 rings (SSSR count). The Morgan fingerprint density at radius 3 is 2.10 bits per heavy atom. The molecule has 0 radical (unpaired) electrons. The van der Waals surface area contributed by atoms with Crippen molar-refractivity contribution in [2.45, 2.75) is 19.1 Å². The van der Waals surface area contributed by atoms with Crippen LogP contribution in [0.3, 0.4) is 0 Å². The van der Waals surface area contributed by atoms with Crippen molar-refractivity contribution in [2.75, 3.05) is 7.11 Å². The van der Waals surface area contributed by atoms with E-state index in [2.05, 4.69) is 17.4 Å². The van der Waals surface area contributed by atoms with E-state index < -0.39 is 0 Å². The van der Waals surface area contributed by atoms with Gasteiger partial charge < -0.3 is 4.74 Å². The topological polar surface area (TPSA) is 26.3 Å². The van der Waals surface area contributed by atoms with Crippen molar-refractivity contribution in [1.82, 2.24) is 0 Å². The maximum atomic E-state index is 10.9. The predicted octanol–water partition coefficient (Wildman–Crippen LogP) is 1.11. The highest BCUT2D eigenvalue weighted by Gasteiger charge is 2.60. The quantitative estimate of drug-likeness (QED) is 0.459. The van der Waals surface area contributed by atoms with Crippen LogP contribution in [0, 0.1) is 11.3 Å². The van der Waals surface area contributed by atoms with E-state index in [-0.39, 0.29) is 22.6 Å². The van der Waals surface area contributed by atoms with Crippen LogP contribution >= 0.6 is 12.6 Å². The summed E-state index contributed by atoms with van der Waals surface area (Å²) in [6, 6.07) is 0. The van der Waals surface area contributed by atoms with Gasteiger partial charge in [0.05, 0.1) is 13.0 Å². The Morgan fingerprint density at radius 2 is 2.00 bits per heavy atom. The summed E-state index contributed by atoms with van der Waals surface area (Å²) < 4.78 is 4.59. The lowest BCUT2D eigenvalue weighted by Gasteiger charge is -1.98. The number of hydrogen-bond acceptors (Lipinski definition) is 3. The summed E-state index contributed by atoms with van der Waals surface area (Å²) in [5.74, 6) is -0.133. The van der Waals surface area contributed by atoms with Crippen molar-refractivity contribution in [3.05, 3.63) is 0 Å². The van der Waals surface area contributed by atoms with Gasteiger partial charge in [-0.3, -0.25) is 4.79 Å². The van der Waals surface area contributed by atoms with Gasteiger partial charge in [0.1, 0.15) is 0 Å². The third-order valence-corrected chi connectivity index (χ3v) is 3.19. The molecule has 1 fully saturated rings. The minimum atomic E-state index is -0.134. The van der Waals surface area contributed by atoms with Gasteiger partial charge in [-0.25, -0.2) is 0 Å². The van der Waals surface area contributed by atoms with Gasteiger partial charge in [0, 0.05) is 5.25 Å². The molecule has 0 aromatic heterocycles. The second-order valence-corrected chi connectivity index (χ2v) is 3.82. The Kier molecular flexibility index (Phi) is 1.71. The fourth-order valence-corrected chi connectivity index (χ4v) is 1.75. The van der Waals surface area contributed by atoms with Gasteiger partial charge in [-0.15, -0.1) is 0 Å². The minimum absolute atomic E-state index is 0.000772. The van der Waals surface area contributed by atoms with Crippen LogP contribution in [-0.4, -0.2) is 18.3 Å². The summed E-state index contributed by atoms with van der Waals surface area (Å²) >= 11 is 4.25. The van der Waals surface area contributed by atoms with Crippen molar-refractivity contribution in [3.8, 4) is 0 Å². The number of esters is 1. The molecule has 10 heavy (non-hydrogen) atoms. The first kappa shape index (κ1) is 7.92. The fourth-order valence-electron chi connectivity index (χ4n) is 1.17. The number of methoxy groups -OCH3 is 1. The van der Waals surface area contributed by atoms with Crippen molar-refractivity contribution in [3.63, 3.8) is 0 Å². The van der Waals surface area contributed by atoms with Gasteiger partial charge in [0.15, 0.2) is 0 Å². The van der Waals surface area contributed by atoms with Crippen LogP contribution in [0.1, 0.15) is 13.8 Å². The highest BCUT2D eigenvalue weighted by molar-refractivity contribution is 7.81. The smallest absolute Gasteiger partial charge is 0.310 e. The number of hydrogen-bond donors (Lipinski definition) is 1. The SMILES string of the molecule is COC(=O)[C@@H]1[C@@H](S)C1(C)C. The maximum absolute atomic E-state index is 10.9. The molecule has 0 bridgehead atoms. The van der Waals surface area contributed by atoms with Gasteiger partial charge in [-0.2, -0.15) is 12.6 Å². The molecule has 2 atom stereocenters. The highest BCUT2D eigenvalue weighted by Crippen LogP contribution is 2.55. The average Bonchev–Trinajstić information content (AvgIpc) is 2.33. The Morgan fingerprint density at radius 1 is 1.60 bits per heavy atom. The van der Waals surface area contributed by atoms with E-state index in [9.17, 15) is 4.79 Å². The van der Waals surface area contributed by atoms with Crippen molar-refractivity contribution in [2.24, 2.45) is 11.3 Å². The highest BCUT2D eigenvalue weighted by atomic mass is 32.1. The van der Waals surface area contributed by atoms with Crippen LogP contribution in [0.2, 0.25) is 0 Å². The van der Waals surface area contributed by atoms with Crippen molar-refractivity contribution < 1.29 is 9.53 Å². The van der Waals surface area contributed by atoms with Crippen LogP contribution in [0.4, 0.5) is 0 Å². The van der Waals surface area contributed by atoms with E-state index in [1.807, 2.05) is 13.8 Å². The molecule has 1 saturated carbocycles. The second-order valence-electron chi connectivity index (χ2n) is 3.27. The number of carbonyl (C=O) groups excluding carboxylic acids is 1. The molecule has 2 nitrogen and oxygen atoms in total. The van der Waals surface area contributed by atoms with Gasteiger partial charge in [-0.1, -0.05) is 13.8 Å². The summed E-state index contributed by atoms with van der Waals surface area (Å²) in [5.41, 5.74) is 0.0379. The maximum Gasteiger partial charge on any atom is 0.310 e. The average molecular weight is 160 g/mol. The third-order valence-electron chi connectivity index (χ3n) is 2.23. The van der Waals surface area contributed by atoms with E-state index in [0.717, 1.165) is 0 Å². The molecule has 1 aliphatic rings. The zero-order valence-corrected chi connectivity index (χ0v) is 7.31. The molecule has 0 heterocycles. The first-order chi connectivity index (χ1) is 4.51. The van der Waals surface area contributed by atoms with Crippen LogP contribution in [0.5, 0.6) is 0 Å². The minimum Gasteiger partial charge on any atom is -0.469 e. The zero-order valence-electron chi connectivity index (χ0n) is 6.42.